The summed E-state index contributed by atoms with van der Waals surface area (Å²) in [6, 6.07) is 0. The van der Waals surface area contributed by atoms with E-state index in [-0.39, 0.29) is 0 Å². The normalized spacial score (nSPS) is 7.81. The molecule has 0 amide bonds. The lowest BCUT2D eigenvalue weighted by Crippen LogP contribution is -1.77. The highest BCUT2D eigenvalue weighted by Gasteiger charge is 1.86. The fourth-order valence-electron chi connectivity index (χ4n) is 1.63. The lowest BCUT2D eigenvalue weighted by atomic mass is 10.1. The quantitative estimate of drug-likeness (QED) is 0.296. The molecule has 0 aliphatic heterocycles. The van der Waals surface area contributed by atoms with Gasteiger partial charge in [0.15, 0.2) is 0 Å². The van der Waals surface area contributed by atoms with Gasteiger partial charge in [0.2, 0.25) is 0 Å². The maximum absolute atomic E-state index is 3.29. The van der Waals surface area contributed by atoms with Crippen LogP contribution in [0.25, 0.3) is 0 Å². The van der Waals surface area contributed by atoms with Gasteiger partial charge >= 0.3 is 0 Å². The van der Waals surface area contributed by atoms with E-state index in [0.717, 1.165) is 12.8 Å². The highest BCUT2D eigenvalue weighted by Crippen LogP contribution is 2.04. The molecule has 130 valence electrons. The van der Waals surface area contributed by atoms with Crippen molar-refractivity contribution in [2.45, 2.75) is 126 Å². The Bertz CT molecular complexity index is 159. The van der Waals surface area contributed by atoms with Gasteiger partial charge in [-0.2, -0.15) is 0 Å². The van der Waals surface area contributed by atoms with Crippen LogP contribution in [0, 0.1) is 11.8 Å². The first-order valence-electron chi connectivity index (χ1n) is 9.87. The Labute approximate surface area is 138 Å². The molecule has 0 aliphatic carbocycles. The fraction of sp³-hybridized carbons (Fsp3) is 0.905. The highest BCUT2D eigenvalue weighted by molar-refractivity contribution is 4.98. The summed E-state index contributed by atoms with van der Waals surface area (Å²) in [5, 5.41) is 0. The third kappa shape index (κ3) is 45.1. The lowest BCUT2D eigenvalue weighted by molar-refractivity contribution is 0.640. The van der Waals surface area contributed by atoms with E-state index in [1.807, 2.05) is 41.5 Å². The van der Waals surface area contributed by atoms with E-state index in [1.54, 1.807) is 0 Å². The molecule has 0 heterocycles. The topological polar surface area (TPSA) is 0 Å². The molecule has 0 aromatic carbocycles. The van der Waals surface area contributed by atoms with Crippen LogP contribution in [0.4, 0.5) is 0 Å². The largest absolute Gasteiger partial charge is 0.103 e. The third-order valence-corrected chi connectivity index (χ3v) is 2.69. The summed E-state index contributed by atoms with van der Waals surface area (Å²) in [5.74, 6) is 6.57. The van der Waals surface area contributed by atoms with Crippen molar-refractivity contribution in [1.29, 1.82) is 0 Å². The average molecular weight is 299 g/mol. The minimum atomic E-state index is 1.12. The number of hydrogen-bond acceptors (Lipinski definition) is 0. The Morgan fingerprint density at radius 1 is 0.429 bits per heavy atom. The van der Waals surface area contributed by atoms with E-state index in [9.17, 15) is 0 Å². The molecule has 0 aromatic heterocycles. The molecule has 0 saturated carbocycles. The molecule has 0 rings (SSSR count). The molecule has 0 aliphatic rings. The Balaban J connectivity index is -0.000000212. The molecular formula is C21H46. The van der Waals surface area contributed by atoms with Gasteiger partial charge in [0.1, 0.15) is 0 Å². The van der Waals surface area contributed by atoms with Crippen molar-refractivity contribution < 1.29 is 0 Å². The number of hydrogen-bond donors (Lipinski definition) is 0. The summed E-state index contributed by atoms with van der Waals surface area (Å²) >= 11 is 0. The third-order valence-electron chi connectivity index (χ3n) is 2.69. The maximum Gasteiger partial charge on any atom is 0.00886 e. The van der Waals surface area contributed by atoms with Crippen LogP contribution in [0.15, 0.2) is 0 Å². The molecule has 0 atom stereocenters. The van der Waals surface area contributed by atoms with E-state index in [4.69, 9.17) is 0 Å². The minimum Gasteiger partial charge on any atom is -0.103 e. The molecule has 0 N–H and O–H groups in total. The fourth-order valence-corrected chi connectivity index (χ4v) is 1.63. The van der Waals surface area contributed by atoms with Crippen molar-refractivity contribution in [2.75, 3.05) is 0 Å². The summed E-state index contributed by atoms with van der Waals surface area (Å²) in [7, 11) is 0. The Morgan fingerprint density at radius 2 is 0.714 bits per heavy atom. The molecule has 0 heteroatoms. The van der Waals surface area contributed by atoms with Gasteiger partial charge in [0, 0.05) is 12.8 Å². The molecule has 0 saturated heterocycles. The molecule has 0 spiro atoms. The zero-order chi connectivity index (χ0) is 17.2. The van der Waals surface area contributed by atoms with Gasteiger partial charge in [-0.25, -0.2) is 0 Å². The van der Waals surface area contributed by atoms with E-state index in [2.05, 4.69) is 25.7 Å². The molecule has 0 aromatic rings. The molecule has 0 unspecified atom stereocenters. The van der Waals surface area contributed by atoms with Gasteiger partial charge in [-0.3, -0.25) is 0 Å². The van der Waals surface area contributed by atoms with Crippen molar-refractivity contribution in [3.05, 3.63) is 0 Å². The predicted molar refractivity (Wildman–Crippen MR) is 104 cm³/mol. The van der Waals surface area contributed by atoms with Crippen molar-refractivity contribution >= 4 is 0 Å². The van der Waals surface area contributed by atoms with Gasteiger partial charge in [-0.1, -0.05) is 100 Å². The van der Waals surface area contributed by atoms with E-state index < -0.39 is 0 Å². The maximum atomic E-state index is 3.29. The first-order chi connectivity index (χ1) is 10.4. The zero-order valence-corrected chi connectivity index (χ0v) is 16.8. The molecule has 21 heavy (non-hydrogen) atoms. The number of rotatable bonds is 9. The van der Waals surface area contributed by atoms with Crippen molar-refractivity contribution in [2.24, 2.45) is 0 Å². The molecule has 0 nitrogen and oxygen atoms in total. The van der Waals surface area contributed by atoms with Crippen molar-refractivity contribution in [3.63, 3.8) is 0 Å². The van der Waals surface area contributed by atoms with Crippen LogP contribution in [-0.4, -0.2) is 0 Å². The molecule has 0 radical (unpaired) electrons. The second-order valence-corrected chi connectivity index (χ2v) is 4.33. The van der Waals surface area contributed by atoms with E-state index >= 15 is 0 Å². The smallest absolute Gasteiger partial charge is 0.00886 e. The van der Waals surface area contributed by atoms with Crippen LogP contribution in [0.2, 0.25) is 0 Å². The van der Waals surface area contributed by atoms with Gasteiger partial charge in [0.05, 0.1) is 0 Å². The highest BCUT2D eigenvalue weighted by atomic mass is 13.9. The van der Waals surface area contributed by atoms with Crippen LogP contribution in [0.1, 0.15) is 126 Å². The predicted octanol–water partition coefficient (Wildman–Crippen LogP) is 8.40. The van der Waals surface area contributed by atoms with Gasteiger partial charge in [0.25, 0.3) is 0 Å². The SMILES string of the molecule is CC.CC.CC.CCCCCCC#CCCCCCCC. The second kappa shape index (κ2) is 42.7. The summed E-state index contributed by atoms with van der Waals surface area (Å²) < 4.78 is 0. The van der Waals surface area contributed by atoms with E-state index in [0.29, 0.717) is 0 Å². The van der Waals surface area contributed by atoms with Crippen LogP contribution in [0.3, 0.4) is 0 Å². The summed E-state index contributed by atoms with van der Waals surface area (Å²) in [6.45, 7) is 16.5. The zero-order valence-electron chi connectivity index (χ0n) is 16.8. The second-order valence-electron chi connectivity index (χ2n) is 4.33. The summed E-state index contributed by atoms with van der Waals surface area (Å²) in [5.41, 5.74) is 0. The van der Waals surface area contributed by atoms with Gasteiger partial charge in [-0.15, -0.1) is 11.8 Å². The average Bonchev–Trinajstić information content (AvgIpc) is 2.58. The summed E-state index contributed by atoms with van der Waals surface area (Å²) in [6.07, 6.45) is 14.4. The van der Waals surface area contributed by atoms with Gasteiger partial charge in [-0.05, 0) is 12.8 Å². The van der Waals surface area contributed by atoms with Crippen LogP contribution in [0.5, 0.6) is 0 Å². The molecule has 0 fully saturated rings. The van der Waals surface area contributed by atoms with Crippen LogP contribution < -0.4 is 0 Å². The van der Waals surface area contributed by atoms with Crippen LogP contribution in [-0.2, 0) is 0 Å². The molecule has 0 bridgehead atoms. The first-order valence-corrected chi connectivity index (χ1v) is 9.87. The molecular weight excluding hydrogens is 252 g/mol. The minimum absolute atomic E-state index is 1.12. The lowest BCUT2D eigenvalue weighted by Gasteiger charge is -1.94. The van der Waals surface area contributed by atoms with E-state index in [1.165, 1.54) is 57.8 Å². The monoisotopic (exact) mass is 298 g/mol. The van der Waals surface area contributed by atoms with Crippen molar-refractivity contribution in [3.8, 4) is 11.8 Å². The Kier molecular flexibility index (Phi) is 58.3. The van der Waals surface area contributed by atoms with Gasteiger partial charge < -0.3 is 0 Å². The first kappa shape index (κ1) is 28.7. The number of unbranched alkanes of at least 4 members (excludes halogenated alkanes) is 9. The Morgan fingerprint density at radius 3 is 1.05 bits per heavy atom. The standard InChI is InChI=1S/C15H28.3C2H6/c1-3-5-7-9-11-13-15-14-12-10-8-6-4-2;3*1-2/h3-13H2,1-2H3;3*1-2H3. The van der Waals surface area contributed by atoms with Crippen molar-refractivity contribution in [1.82, 2.24) is 0 Å². The summed E-state index contributed by atoms with van der Waals surface area (Å²) in [4.78, 5) is 0. The Hall–Kier alpha value is -0.440. The van der Waals surface area contributed by atoms with Crippen LogP contribution >= 0.6 is 0 Å².